The molecule has 168 valence electrons. The van der Waals surface area contributed by atoms with Crippen LogP contribution in [0.2, 0.25) is 0 Å². The van der Waals surface area contributed by atoms with Gasteiger partial charge in [0, 0.05) is 0 Å². The van der Waals surface area contributed by atoms with Crippen molar-refractivity contribution in [2.24, 2.45) is 0 Å². The highest BCUT2D eigenvalue weighted by atomic mass is 32.3. The first-order chi connectivity index (χ1) is 12.2. The molecule has 1 aliphatic heterocycles. The molecule has 0 unspecified atom stereocenters. The average molecular weight is 500 g/mol. The van der Waals surface area contributed by atoms with Gasteiger partial charge in [0.25, 0.3) is 0 Å². The van der Waals surface area contributed by atoms with E-state index in [1.807, 2.05) is 0 Å². The second kappa shape index (κ2) is 8.26. The van der Waals surface area contributed by atoms with Crippen molar-refractivity contribution in [2.45, 2.75) is 24.1 Å². The number of rotatable bonds is 10. The van der Waals surface area contributed by atoms with Crippen LogP contribution in [0.4, 0.5) is 0 Å². The zero-order chi connectivity index (χ0) is 22.2. The van der Waals surface area contributed by atoms with Gasteiger partial charge in [0.15, 0.2) is 6.10 Å². The van der Waals surface area contributed by atoms with Gasteiger partial charge in [-0.05, 0) is 0 Å². The summed E-state index contributed by atoms with van der Waals surface area (Å²) in [6.07, 6.45) is -7.50. The molecule has 0 spiro atoms. The van der Waals surface area contributed by atoms with E-state index in [2.05, 4.69) is 21.5 Å². The number of hydrogen-bond acceptors (Lipinski definition) is 14. The topological polar surface area (TPSA) is 284 Å². The Balaban J connectivity index is 3.35. The van der Waals surface area contributed by atoms with Gasteiger partial charge in [-0.3, -0.25) is 18.2 Å². The molecule has 1 saturated heterocycles. The summed E-state index contributed by atoms with van der Waals surface area (Å²) in [7, 11) is -21.6. The van der Waals surface area contributed by atoms with Crippen LogP contribution in [-0.4, -0.2) is 94.3 Å². The Morgan fingerprint density at radius 3 is 1.61 bits per heavy atom. The highest BCUT2D eigenvalue weighted by molar-refractivity contribution is 7.81. The molecule has 4 atom stereocenters. The van der Waals surface area contributed by atoms with E-state index in [1.54, 1.807) is 0 Å². The molecule has 0 saturated carbocycles. The van der Waals surface area contributed by atoms with Gasteiger partial charge in [-0.1, -0.05) is 0 Å². The van der Waals surface area contributed by atoms with Gasteiger partial charge >= 0.3 is 41.6 Å². The van der Waals surface area contributed by atoms with E-state index in [9.17, 15) is 38.8 Å². The Labute approximate surface area is 157 Å². The Bertz CT molecular complexity index is 975. The third-order valence-corrected chi connectivity index (χ3v) is 4.48. The van der Waals surface area contributed by atoms with E-state index >= 15 is 0 Å². The highest BCUT2D eigenvalue weighted by Gasteiger charge is 2.60. The monoisotopic (exact) mass is 500 g/mol. The first-order valence-corrected chi connectivity index (χ1v) is 11.6. The predicted molar refractivity (Wildman–Crippen MR) is 77.7 cm³/mol. The fourth-order valence-corrected chi connectivity index (χ4v) is 3.57. The Hall–Kier alpha value is -0.600. The maximum Gasteiger partial charge on any atom is 0.397 e. The van der Waals surface area contributed by atoms with Crippen molar-refractivity contribution < 1.29 is 78.5 Å². The first kappa shape index (κ1) is 25.4. The number of hydrogen-bond donors (Lipinski definition) is 5. The third kappa shape index (κ3) is 8.82. The molecule has 0 radical (unpaired) electrons. The molecule has 28 heavy (non-hydrogen) atoms. The first-order valence-electron chi connectivity index (χ1n) is 6.16. The second-order valence-corrected chi connectivity index (χ2v) is 9.11. The van der Waals surface area contributed by atoms with Crippen molar-refractivity contribution in [1.29, 1.82) is 0 Å². The van der Waals surface area contributed by atoms with Crippen molar-refractivity contribution in [1.82, 2.24) is 0 Å². The summed E-state index contributed by atoms with van der Waals surface area (Å²) < 4.78 is 141. The normalized spacial score (nSPS) is 29.8. The maximum atomic E-state index is 10.9. The summed E-state index contributed by atoms with van der Waals surface area (Å²) in [4.78, 5) is 0. The van der Waals surface area contributed by atoms with Crippen LogP contribution in [0.3, 0.4) is 0 Å². The van der Waals surface area contributed by atoms with Gasteiger partial charge < -0.3 is 9.84 Å². The van der Waals surface area contributed by atoms with Crippen LogP contribution in [0.5, 0.6) is 0 Å². The SMILES string of the molecule is O=S(=O)(O)OC[C@H]1O[C@](O)(COS(=O)(=O)O)[C@@H](OS(=O)(=O)O)[C@@H]1OS(=O)(=O)O. The largest absolute Gasteiger partial charge is 0.397 e. The molecule has 0 amide bonds. The van der Waals surface area contributed by atoms with Crippen LogP contribution in [-0.2, 0) is 63.1 Å². The summed E-state index contributed by atoms with van der Waals surface area (Å²) in [6, 6.07) is 0. The standard InChI is InChI=1S/C6H12O18S4/c7-6(2-21-26(11,12)13)5(24-28(17,18)19)4(23-27(14,15)16)3(22-6)1-20-25(8,9)10/h3-5,7H,1-2H2,(H,8,9,10)(H,11,12,13)(H,14,15,16)(H,17,18,19)/t3-,4-,5+,6-/m1/s1. The van der Waals surface area contributed by atoms with Crippen molar-refractivity contribution >= 4 is 41.6 Å². The summed E-state index contributed by atoms with van der Waals surface area (Å²) in [5, 5.41) is 10.2. The fourth-order valence-electron chi connectivity index (χ4n) is 1.92. The van der Waals surface area contributed by atoms with E-state index in [4.69, 9.17) is 18.2 Å². The minimum atomic E-state index is -5.56. The van der Waals surface area contributed by atoms with Crippen molar-refractivity contribution in [3.05, 3.63) is 0 Å². The van der Waals surface area contributed by atoms with Crippen LogP contribution in [0.25, 0.3) is 0 Å². The maximum absolute atomic E-state index is 10.9. The molecule has 0 aliphatic carbocycles. The average Bonchev–Trinajstić information content (AvgIpc) is 2.64. The molecule has 0 bridgehead atoms. The summed E-state index contributed by atoms with van der Waals surface area (Å²) in [6.45, 7) is -3.14. The zero-order valence-electron chi connectivity index (χ0n) is 12.8. The smallest absolute Gasteiger partial charge is 0.361 e. The van der Waals surface area contributed by atoms with E-state index in [0.717, 1.165) is 0 Å². The lowest BCUT2D eigenvalue weighted by molar-refractivity contribution is -0.239. The van der Waals surface area contributed by atoms with Gasteiger partial charge in [0.2, 0.25) is 5.79 Å². The molecule has 0 aromatic rings. The third-order valence-electron chi connectivity index (χ3n) is 2.72. The van der Waals surface area contributed by atoms with E-state index in [1.165, 1.54) is 0 Å². The van der Waals surface area contributed by atoms with Crippen molar-refractivity contribution in [3.63, 3.8) is 0 Å². The van der Waals surface area contributed by atoms with Gasteiger partial charge in [-0.15, -0.1) is 0 Å². The molecular formula is C6H12O18S4. The Morgan fingerprint density at radius 1 is 0.750 bits per heavy atom. The molecular weight excluding hydrogens is 488 g/mol. The van der Waals surface area contributed by atoms with Gasteiger partial charge in [0.1, 0.15) is 18.8 Å². The minimum absolute atomic E-state index is 1.42. The van der Waals surface area contributed by atoms with Crippen LogP contribution in [0.15, 0.2) is 0 Å². The van der Waals surface area contributed by atoms with E-state index < -0.39 is 78.9 Å². The van der Waals surface area contributed by atoms with Crippen LogP contribution >= 0.6 is 0 Å². The molecule has 1 fully saturated rings. The molecule has 1 rings (SSSR count). The zero-order valence-corrected chi connectivity index (χ0v) is 16.1. The Kier molecular flexibility index (Phi) is 7.51. The molecule has 18 nitrogen and oxygen atoms in total. The molecule has 1 heterocycles. The predicted octanol–water partition coefficient (Wildman–Crippen LogP) is -3.91. The molecule has 0 aromatic carbocycles. The molecule has 1 aliphatic rings. The second-order valence-electron chi connectivity index (χ2n) is 4.84. The van der Waals surface area contributed by atoms with Crippen LogP contribution in [0.1, 0.15) is 0 Å². The fraction of sp³-hybridized carbons (Fsp3) is 1.00. The lowest BCUT2D eigenvalue weighted by atomic mass is 10.1. The van der Waals surface area contributed by atoms with E-state index in [0.29, 0.717) is 0 Å². The van der Waals surface area contributed by atoms with Crippen molar-refractivity contribution in [2.75, 3.05) is 13.2 Å². The van der Waals surface area contributed by atoms with Gasteiger partial charge in [-0.2, -0.15) is 33.7 Å². The quantitative estimate of drug-likeness (QED) is 0.179. The van der Waals surface area contributed by atoms with E-state index in [-0.39, 0.29) is 0 Å². The van der Waals surface area contributed by atoms with Crippen LogP contribution < -0.4 is 0 Å². The van der Waals surface area contributed by atoms with Crippen LogP contribution in [0, 0.1) is 0 Å². The lowest BCUT2D eigenvalue weighted by Crippen LogP contribution is -2.50. The number of aliphatic hydroxyl groups is 1. The lowest BCUT2D eigenvalue weighted by Gasteiger charge is -2.27. The van der Waals surface area contributed by atoms with Gasteiger partial charge in [-0.25, -0.2) is 16.7 Å². The highest BCUT2D eigenvalue weighted by Crippen LogP contribution is 2.36. The van der Waals surface area contributed by atoms with Gasteiger partial charge in [0.05, 0.1) is 6.61 Å². The van der Waals surface area contributed by atoms with Crippen molar-refractivity contribution in [3.8, 4) is 0 Å². The minimum Gasteiger partial charge on any atom is -0.361 e. The molecule has 22 heteroatoms. The number of ether oxygens (including phenoxy) is 1. The summed E-state index contributed by atoms with van der Waals surface area (Å²) in [5.74, 6) is -3.37. The molecule has 5 N–H and O–H groups in total. The molecule has 0 aromatic heterocycles. The summed E-state index contributed by atoms with van der Waals surface area (Å²) in [5.41, 5.74) is 0. The Morgan fingerprint density at radius 2 is 1.21 bits per heavy atom. The summed E-state index contributed by atoms with van der Waals surface area (Å²) >= 11 is 0.